The van der Waals surface area contributed by atoms with Crippen LogP contribution in [0.3, 0.4) is 0 Å². The number of furan rings is 1. The first-order chi connectivity index (χ1) is 10.0. The number of hydrogen-bond donors (Lipinski definition) is 0. The van der Waals surface area contributed by atoms with E-state index in [0.29, 0.717) is 6.54 Å². The molecule has 0 saturated heterocycles. The molecule has 0 aliphatic heterocycles. The van der Waals surface area contributed by atoms with Gasteiger partial charge in [0.25, 0.3) is 0 Å². The van der Waals surface area contributed by atoms with Crippen LogP contribution in [0.25, 0.3) is 11.3 Å². The van der Waals surface area contributed by atoms with E-state index in [-0.39, 0.29) is 11.9 Å². The third-order valence-electron chi connectivity index (χ3n) is 3.68. The molecule has 0 aliphatic rings. The monoisotopic (exact) mass is 286 g/mol. The molecule has 0 N–H and O–H groups in total. The molecule has 2 aromatic rings. The quantitative estimate of drug-likeness (QED) is 0.848. The van der Waals surface area contributed by atoms with Gasteiger partial charge in [-0.15, -0.1) is 0 Å². The van der Waals surface area contributed by atoms with Gasteiger partial charge in [0.2, 0.25) is 5.91 Å². The van der Waals surface area contributed by atoms with Crippen molar-refractivity contribution in [2.75, 3.05) is 21.1 Å². The van der Waals surface area contributed by atoms with Crippen molar-refractivity contribution in [2.24, 2.45) is 0 Å². The lowest BCUT2D eigenvalue weighted by Gasteiger charge is -2.26. The molecular weight excluding hydrogens is 264 g/mol. The van der Waals surface area contributed by atoms with Gasteiger partial charge in [0.1, 0.15) is 5.76 Å². The average Bonchev–Trinajstić information content (AvgIpc) is 3.00. The Labute approximate surface area is 126 Å². The summed E-state index contributed by atoms with van der Waals surface area (Å²) in [7, 11) is 5.53. The van der Waals surface area contributed by atoms with Gasteiger partial charge in [-0.25, -0.2) is 0 Å². The van der Waals surface area contributed by atoms with Crippen molar-refractivity contribution in [3.8, 4) is 11.3 Å². The largest absolute Gasteiger partial charge is 0.464 e. The number of hydrogen-bond acceptors (Lipinski definition) is 3. The summed E-state index contributed by atoms with van der Waals surface area (Å²) in [6, 6.07) is 11.8. The SMILES string of the molecule is C[C@@H](C(=O)N(C)C)N(C)Cc1ccccc1-c1ccco1. The fourth-order valence-electron chi connectivity index (χ4n) is 2.30. The van der Waals surface area contributed by atoms with Crippen LogP contribution >= 0.6 is 0 Å². The number of amides is 1. The fourth-order valence-corrected chi connectivity index (χ4v) is 2.30. The van der Waals surface area contributed by atoms with Gasteiger partial charge in [0.15, 0.2) is 0 Å². The number of carbonyl (C=O) groups is 1. The summed E-state index contributed by atoms with van der Waals surface area (Å²) < 4.78 is 5.49. The Morgan fingerprint density at radius 2 is 1.86 bits per heavy atom. The lowest BCUT2D eigenvalue weighted by atomic mass is 10.0. The van der Waals surface area contributed by atoms with E-state index in [2.05, 4.69) is 6.07 Å². The summed E-state index contributed by atoms with van der Waals surface area (Å²) in [4.78, 5) is 15.7. The standard InChI is InChI=1S/C17H22N2O2/c1-13(17(20)18(2)3)19(4)12-14-8-5-6-9-15(14)16-10-7-11-21-16/h5-11,13H,12H2,1-4H3/t13-/m0/s1. The molecule has 4 nitrogen and oxygen atoms in total. The minimum absolute atomic E-state index is 0.105. The van der Waals surface area contributed by atoms with Gasteiger partial charge >= 0.3 is 0 Å². The summed E-state index contributed by atoms with van der Waals surface area (Å²) in [6.07, 6.45) is 1.67. The van der Waals surface area contributed by atoms with Gasteiger partial charge in [-0.2, -0.15) is 0 Å². The maximum Gasteiger partial charge on any atom is 0.239 e. The van der Waals surface area contributed by atoms with Crippen LogP contribution in [-0.2, 0) is 11.3 Å². The first-order valence-corrected chi connectivity index (χ1v) is 7.04. The van der Waals surface area contributed by atoms with Crippen molar-refractivity contribution >= 4 is 5.91 Å². The Morgan fingerprint density at radius 1 is 1.14 bits per heavy atom. The molecule has 0 aliphatic carbocycles. The van der Waals surface area contributed by atoms with E-state index >= 15 is 0 Å². The molecule has 1 aromatic carbocycles. The molecule has 2 rings (SSSR count). The summed E-state index contributed by atoms with van der Waals surface area (Å²) in [5.41, 5.74) is 2.22. The predicted octanol–water partition coefficient (Wildman–Crippen LogP) is 2.86. The number of rotatable bonds is 5. The Morgan fingerprint density at radius 3 is 2.48 bits per heavy atom. The van der Waals surface area contributed by atoms with Gasteiger partial charge in [-0.3, -0.25) is 9.69 Å². The highest BCUT2D eigenvalue weighted by Gasteiger charge is 2.20. The molecule has 0 spiro atoms. The number of likely N-dealkylation sites (N-methyl/N-ethyl adjacent to an activating group) is 2. The van der Waals surface area contributed by atoms with E-state index in [4.69, 9.17) is 4.42 Å². The maximum absolute atomic E-state index is 12.1. The summed E-state index contributed by atoms with van der Waals surface area (Å²) >= 11 is 0. The van der Waals surface area contributed by atoms with Crippen LogP contribution < -0.4 is 0 Å². The molecule has 0 radical (unpaired) electrons. The van der Waals surface area contributed by atoms with Gasteiger partial charge in [0, 0.05) is 26.2 Å². The zero-order chi connectivity index (χ0) is 15.4. The highest BCUT2D eigenvalue weighted by atomic mass is 16.3. The minimum atomic E-state index is -0.162. The van der Waals surface area contributed by atoms with Crippen molar-refractivity contribution in [3.05, 3.63) is 48.2 Å². The topological polar surface area (TPSA) is 36.7 Å². The Balaban J connectivity index is 2.19. The minimum Gasteiger partial charge on any atom is -0.464 e. The van der Waals surface area contributed by atoms with Crippen LogP contribution in [0.4, 0.5) is 0 Å². The normalized spacial score (nSPS) is 12.4. The van der Waals surface area contributed by atoms with Gasteiger partial charge in [0.05, 0.1) is 12.3 Å². The molecule has 0 fully saturated rings. The fraction of sp³-hybridized carbons (Fsp3) is 0.353. The Hall–Kier alpha value is -2.07. The van der Waals surface area contributed by atoms with Gasteiger partial charge in [-0.05, 0) is 31.7 Å². The highest BCUT2D eigenvalue weighted by molar-refractivity contribution is 5.80. The lowest BCUT2D eigenvalue weighted by Crippen LogP contribution is -2.42. The molecule has 1 aromatic heterocycles. The lowest BCUT2D eigenvalue weighted by molar-refractivity contribution is -0.133. The van der Waals surface area contributed by atoms with Crippen LogP contribution in [-0.4, -0.2) is 42.9 Å². The number of benzene rings is 1. The van der Waals surface area contributed by atoms with Crippen molar-refractivity contribution in [1.82, 2.24) is 9.80 Å². The van der Waals surface area contributed by atoms with E-state index in [1.54, 1.807) is 25.3 Å². The number of nitrogens with zero attached hydrogens (tertiary/aromatic N) is 2. The van der Waals surface area contributed by atoms with Crippen LogP contribution in [0.5, 0.6) is 0 Å². The Kier molecular flexibility index (Phi) is 4.81. The zero-order valence-electron chi connectivity index (χ0n) is 13.0. The Bertz CT molecular complexity index is 591. The molecular formula is C17H22N2O2. The molecule has 4 heteroatoms. The highest BCUT2D eigenvalue weighted by Crippen LogP contribution is 2.25. The van der Waals surface area contributed by atoms with Crippen molar-refractivity contribution in [1.29, 1.82) is 0 Å². The van der Waals surface area contributed by atoms with Crippen LogP contribution in [0.2, 0.25) is 0 Å². The summed E-state index contributed by atoms with van der Waals surface area (Å²) in [5.74, 6) is 0.957. The first-order valence-electron chi connectivity index (χ1n) is 7.04. The summed E-state index contributed by atoms with van der Waals surface area (Å²) in [6.45, 7) is 2.62. The molecule has 112 valence electrons. The van der Waals surface area contributed by atoms with E-state index in [0.717, 1.165) is 16.9 Å². The third-order valence-corrected chi connectivity index (χ3v) is 3.68. The molecule has 1 amide bonds. The second-order valence-electron chi connectivity index (χ2n) is 5.46. The number of carbonyl (C=O) groups excluding carboxylic acids is 1. The van der Waals surface area contributed by atoms with Gasteiger partial charge in [-0.1, -0.05) is 24.3 Å². The van der Waals surface area contributed by atoms with E-state index in [1.807, 2.05) is 49.2 Å². The van der Waals surface area contributed by atoms with Crippen LogP contribution in [0.1, 0.15) is 12.5 Å². The smallest absolute Gasteiger partial charge is 0.239 e. The van der Waals surface area contributed by atoms with Crippen LogP contribution in [0.15, 0.2) is 47.1 Å². The van der Waals surface area contributed by atoms with E-state index < -0.39 is 0 Å². The third kappa shape index (κ3) is 3.52. The molecule has 1 atom stereocenters. The molecule has 21 heavy (non-hydrogen) atoms. The summed E-state index contributed by atoms with van der Waals surface area (Å²) in [5, 5.41) is 0. The average molecular weight is 286 g/mol. The molecule has 0 unspecified atom stereocenters. The van der Waals surface area contributed by atoms with Crippen molar-refractivity contribution < 1.29 is 9.21 Å². The zero-order valence-corrected chi connectivity index (χ0v) is 13.0. The van der Waals surface area contributed by atoms with Crippen molar-refractivity contribution in [3.63, 3.8) is 0 Å². The van der Waals surface area contributed by atoms with E-state index in [9.17, 15) is 4.79 Å². The second kappa shape index (κ2) is 6.59. The molecule has 0 bridgehead atoms. The van der Waals surface area contributed by atoms with Crippen molar-refractivity contribution in [2.45, 2.75) is 19.5 Å². The van der Waals surface area contributed by atoms with E-state index in [1.165, 1.54) is 0 Å². The predicted molar refractivity (Wildman–Crippen MR) is 83.8 cm³/mol. The molecule has 1 heterocycles. The maximum atomic E-state index is 12.1. The molecule has 0 saturated carbocycles. The second-order valence-corrected chi connectivity index (χ2v) is 5.46. The van der Waals surface area contributed by atoms with Crippen LogP contribution in [0, 0.1) is 0 Å². The first kappa shape index (κ1) is 15.3. The van der Waals surface area contributed by atoms with Gasteiger partial charge < -0.3 is 9.32 Å².